The van der Waals surface area contributed by atoms with Crippen LogP contribution in [0.3, 0.4) is 0 Å². The summed E-state index contributed by atoms with van der Waals surface area (Å²) < 4.78 is 0. The van der Waals surface area contributed by atoms with Crippen molar-refractivity contribution in [1.82, 2.24) is 9.97 Å². The summed E-state index contributed by atoms with van der Waals surface area (Å²) in [7, 11) is 0. The van der Waals surface area contributed by atoms with Crippen molar-refractivity contribution in [3.63, 3.8) is 0 Å². The lowest BCUT2D eigenvalue weighted by Crippen LogP contribution is -2.35. The van der Waals surface area contributed by atoms with Gasteiger partial charge < -0.3 is 21.4 Å². The molecule has 0 amide bonds. The molecule has 0 radical (unpaired) electrons. The molecule has 1 aromatic heterocycles. The predicted molar refractivity (Wildman–Crippen MR) is 55.2 cm³/mol. The van der Waals surface area contributed by atoms with Crippen LogP contribution >= 0.6 is 0 Å². The van der Waals surface area contributed by atoms with E-state index in [-0.39, 0.29) is 5.56 Å². The lowest BCUT2D eigenvalue weighted by Gasteiger charge is -2.21. The zero-order valence-corrected chi connectivity index (χ0v) is 7.94. The Balaban J connectivity index is 2.81. The summed E-state index contributed by atoms with van der Waals surface area (Å²) in [6.45, 7) is 2.31. The van der Waals surface area contributed by atoms with Gasteiger partial charge in [0.15, 0.2) is 0 Å². The number of hydrogen-bond acceptors (Lipinski definition) is 5. The minimum Gasteiger partial charge on any atom is -0.354 e. The van der Waals surface area contributed by atoms with Gasteiger partial charge in [0.05, 0.1) is 6.33 Å². The van der Waals surface area contributed by atoms with Gasteiger partial charge in [-0.1, -0.05) is 0 Å². The van der Waals surface area contributed by atoms with E-state index < -0.39 is 0 Å². The van der Waals surface area contributed by atoms with Gasteiger partial charge in [-0.2, -0.15) is 0 Å². The SMILES string of the molecule is NCCN(CCN)c1cc(=O)[nH]cn1. The van der Waals surface area contributed by atoms with Gasteiger partial charge in [-0.25, -0.2) is 4.98 Å². The van der Waals surface area contributed by atoms with Gasteiger partial charge in [0, 0.05) is 32.2 Å². The first-order chi connectivity index (χ1) is 6.77. The fourth-order valence-corrected chi connectivity index (χ4v) is 1.18. The Hall–Kier alpha value is -1.40. The van der Waals surface area contributed by atoms with Crippen molar-refractivity contribution in [1.29, 1.82) is 0 Å². The lowest BCUT2D eigenvalue weighted by atomic mass is 10.4. The Labute approximate surface area is 81.9 Å². The summed E-state index contributed by atoms with van der Waals surface area (Å²) in [6.07, 6.45) is 1.37. The van der Waals surface area contributed by atoms with Crippen LogP contribution in [0.15, 0.2) is 17.2 Å². The van der Waals surface area contributed by atoms with Crippen LogP contribution in [0.25, 0.3) is 0 Å². The monoisotopic (exact) mass is 197 g/mol. The Bertz CT molecular complexity index is 318. The van der Waals surface area contributed by atoms with E-state index in [2.05, 4.69) is 9.97 Å². The van der Waals surface area contributed by atoms with Crippen LogP contribution in [-0.2, 0) is 0 Å². The molecule has 1 aromatic rings. The van der Waals surface area contributed by atoms with Crippen molar-refractivity contribution >= 4 is 5.82 Å². The zero-order valence-electron chi connectivity index (χ0n) is 7.94. The second-order valence-electron chi connectivity index (χ2n) is 2.83. The molecular formula is C8H15N5O. The molecule has 0 bridgehead atoms. The van der Waals surface area contributed by atoms with E-state index in [4.69, 9.17) is 11.5 Å². The summed E-state index contributed by atoms with van der Waals surface area (Å²) >= 11 is 0. The van der Waals surface area contributed by atoms with Crippen molar-refractivity contribution < 1.29 is 0 Å². The number of nitrogens with one attached hydrogen (secondary N) is 1. The maximum Gasteiger partial charge on any atom is 0.252 e. The summed E-state index contributed by atoms with van der Waals surface area (Å²) in [5, 5.41) is 0. The van der Waals surface area contributed by atoms with Gasteiger partial charge >= 0.3 is 0 Å². The van der Waals surface area contributed by atoms with Crippen LogP contribution in [-0.4, -0.2) is 36.1 Å². The highest BCUT2D eigenvalue weighted by molar-refractivity contribution is 5.36. The summed E-state index contributed by atoms with van der Waals surface area (Å²) in [6, 6.07) is 1.44. The standard InChI is InChI=1S/C8H15N5O/c9-1-3-13(4-2-10)7-5-8(14)12-6-11-7/h5-6H,1-4,9-10H2,(H,11,12,14). The Morgan fingerprint density at radius 3 is 2.50 bits per heavy atom. The predicted octanol–water partition coefficient (Wildman–Crippen LogP) is -1.51. The molecule has 5 N–H and O–H groups in total. The molecule has 0 saturated heterocycles. The number of H-pyrrole nitrogens is 1. The van der Waals surface area contributed by atoms with Crippen molar-refractivity contribution in [3.8, 4) is 0 Å². The fraction of sp³-hybridized carbons (Fsp3) is 0.500. The molecule has 1 rings (SSSR count). The molecule has 6 nitrogen and oxygen atoms in total. The van der Waals surface area contributed by atoms with E-state index in [1.807, 2.05) is 4.90 Å². The van der Waals surface area contributed by atoms with E-state index in [1.165, 1.54) is 12.4 Å². The Morgan fingerprint density at radius 2 is 2.00 bits per heavy atom. The number of aromatic amines is 1. The van der Waals surface area contributed by atoms with Crippen LogP contribution < -0.4 is 21.9 Å². The Kier molecular flexibility index (Phi) is 4.09. The maximum atomic E-state index is 11.0. The molecule has 1 heterocycles. The first-order valence-electron chi connectivity index (χ1n) is 4.47. The maximum absolute atomic E-state index is 11.0. The van der Waals surface area contributed by atoms with Crippen LogP contribution in [0, 0.1) is 0 Å². The number of anilines is 1. The van der Waals surface area contributed by atoms with Crippen LogP contribution in [0.1, 0.15) is 0 Å². The first-order valence-corrected chi connectivity index (χ1v) is 4.47. The molecule has 14 heavy (non-hydrogen) atoms. The molecule has 6 heteroatoms. The third-order valence-electron chi connectivity index (χ3n) is 1.79. The van der Waals surface area contributed by atoms with Gasteiger partial charge in [0.2, 0.25) is 0 Å². The largest absolute Gasteiger partial charge is 0.354 e. The van der Waals surface area contributed by atoms with Crippen LogP contribution in [0.2, 0.25) is 0 Å². The minimum atomic E-state index is -0.172. The van der Waals surface area contributed by atoms with Crippen LogP contribution in [0.4, 0.5) is 5.82 Å². The van der Waals surface area contributed by atoms with Gasteiger partial charge in [-0.05, 0) is 0 Å². The van der Waals surface area contributed by atoms with Gasteiger partial charge in [0.25, 0.3) is 5.56 Å². The second-order valence-corrected chi connectivity index (χ2v) is 2.83. The van der Waals surface area contributed by atoms with E-state index in [0.717, 1.165) is 0 Å². The third kappa shape index (κ3) is 2.82. The third-order valence-corrected chi connectivity index (χ3v) is 1.79. The highest BCUT2D eigenvalue weighted by atomic mass is 16.1. The summed E-state index contributed by atoms with van der Waals surface area (Å²) in [5.74, 6) is 0.615. The molecule has 0 aliphatic rings. The van der Waals surface area contributed by atoms with E-state index in [9.17, 15) is 4.79 Å². The Morgan fingerprint density at radius 1 is 1.36 bits per heavy atom. The summed E-state index contributed by atoms with van der Waals surface area (Å²) in [4.78, 5) is 19.4. The smallest absolute Gasteiger partial charge is 0.252 e. The molecule has 78 valence electrons. The van der Waals surface area contributed by atoms with E-state index >= 15 is 0 Å². The first kappa shape index (κ1) is 10.7. The second kappa shape index (κ2) is 5.36. The number of hydrogen-bond donors (Lipinski definition) is 3. The van der Waals surface area contributed by atoms with Crippen molar-refractivity contribution in [3.05, 3.63) is 22.7 Å². The average Bonchev–Trinajstić information content (AvgIpc) is 2.17. The minimum absolute atomic E-state index is 0.172. The molecule has 0 fully saturated rings. The van der Waals surface area contributed by atoms with Gasteiger partial charge in [-0.3, -0.25) is 4.79 Å². The molecule has 0 aliphatic heterocycles. The molecule has 0 saturated carbocycles. The normalized spacial score (nSPS) is 10.1. The quantitative estimate of drug-likeness (QED) is 0.533. The van der Waals surface area contributed by atoms with Crippen molar-refractivity contribution in [2.75, 3.05) is 31.1 Å². The number of rotatable bonds is 5. The molecule has 0 aromatic carbocycles. The highest BCUT2D eigenvalue weighted by Gasteiger charge is 2.05. The average molecular weight is 197 g/mol. The number of nitrogens with zero attached hydrogens (tertiary/aromatic N) is 2. The van der Waals surface area contributed by atoms with Crippen LogP contribution in [0.5, 0.6) is 0 Å². The van der Waals surface area contributed by atoms with E-state index in [1.54, 1.807) is 0 Å². The number of aromatic nitrogens is 2. The van der Waals surface area contributed by atoms with Gasteiger partial charge in [-0.15, -0.1) is 0 Å². The highest BCUT2D eigenvalue weighted by Crippen LogP contribution is 2.03. The molecular weight excluding hydrogens is 182 g/mol. The van der Waals surface area contributed by atoms with Crippen molar-refractivity contribution in [2.45, 2.75) is 0 Å². The summed E-state index contributed by atoms with van der Waals surface area (Å²) in [5.41, 5.74) is 10.7. The zero-order chi connectivity index (χ0) is 10.4. The molecule has 0 spiro atoms. The van der Waals surface area contributed by atoms with E-state index in [0.29, 0.717) is 32.0 Å². The van der Waals surface area contributed by atoms with Crippen molar-refractivity contribution in [2.24, 2.45) is 11.5 Å². The molecule has 0 unspecified atom stereocenters. The fourth-order valence-electron chi connectivity index (χ4n) is 1.18. The van der Waals surface area contributed by atoms with Gasteiger partial charge in [0.1, 0.15) is 5.82 Å². The molecule has 0 aliphatic carbocycles. The number of nitrogens with two attached hydrogens (primary N) is 2. The lowest BCUT2D eigenvalue weighted by molar-refractivity contribution is 0.766. The molecule has 0 atom stereocenters. The topological polar surface area (TPSA) is 101 Å².